The molecule has 25 heavy (non-hydrogen) atoms. The Bertz CT molecular complexity index is 830. The maximum absolute atomic E-state index is 4.80. The van der Waals surface area contributed by atoms with Gasteiger partial charge in [0.2, 0.25) is 0 Å². The number of nitrogens with zero attached hydrogens (tertiary/aromatic N) is 6. The molecule has 3 aliphatic rings. The summed E-state index contributed by atoms with van der Waals surface area (Å²) in [4.78, 5) is 12.4. The number of anilines is 1. The van der Waals surface area contributed by atoms with Crippen molar-refractivity contribution in [1.82, 2.24) is 24.4 Å². The van der Waals surface area contributed by atoms with E-state index in [1.807, 2.05) is 0 Å². The summed E-state index contributed by atoms with van der Waals surface area (Å²) >= 11 is 0. The molecule has 0 aromatic carbocycles. The third-order valence-electron chi connectivity index (χ3n) is 6.89. The molecule has 3 saturated heterocycles. The molecule has 2 aromatic rings. The molecule has 3 fully saturated rings. The highest BCUT2D eigenvalue weighted by molar-refractivity contribution is 5.58. The first-order chi connectivity index (χ1) is 11.8. The lowest BCUT2D eigenvalue weighted by Crippen LogP contribution is -2.38. The number of fused-ring (bicyclic) bond motifs is 1. The Morgan fingerprint density at radius 2 is 1.44 bits per heavy atom. The van der Waals surface area contributed by atoms with Gasteiger partial charge < -0.3 is 14.7 Å². The topological polar surface area (TPSA) is 39.9 Å². The number of hydrogen-bond acceptors (Lipinski definition) is 5. The van der Waals surface area contributed by atoms with Gasteiger partial charge in [-0.3, -0.25) is 0 Å². The molecule has 134 valence electrons. The van der Waals surface area contributed by atoms with Crippen LogP contribution in [0.5, 0.6) is 0 Å². The van der Waals surface area contributed by atoms with Crippen molar-refractivity contribution in [2.24, 2.45) is 10.8 Å². The van der Waals surface area contributed by atoms with Crippen LogP contribution in [-0.2, 0) is 0 Å². The molecule has 0 unspecified atom stereocenters. The van der Waals surface area contributed by atoms with Gasteiger partial charge in [-0.25, -0.2) is 4.98 Å². The average Bonchev–Trinajstić information content (AvgIpc) is 3.10. The Balaban J connectivity index is 1.61. The first kappa shape index (κ1) is 15.6. The molecule has 6 heteroatoms. The molecule has 2 aromatic heterocycles. The van der Waals surface area contributed by atoms with Crippen LogP contribution >= 0.6 is 0 Å². The number of aromatic nitrogens is 3. The number of hydrogen-bond donors (Lipinski definition) is 0. The molecule has 0 atom stereocenters. The predicted molar refractivity (Wildman–Crippen MR) is 99.3 cm³/mol. The van der Waals surface area contributed by atoms with Gasteiger partial charge in [-0.05, 0) is 34.9 Å². The largest absolute Gasteiger partial charge is 0.355 e. The van der Waals surface area contributed by atoms with Crippen molar-refractivity contribution in [2.75, 3.05) is 58.3 Å². The lowest BCUT2D eigenvalue weighted by atomic mass is 9.71. The van der Waals surface area contributed by atoms with E-state index in [-0.39, 0.29) is 0 Å². The molecule has 0 amide bonds. The monoisotopic (exact) mass is 340 g/mol. The Morgan fingerprint density at radius 1 is 0.880 bits per heavy atom. The minimum atomic E-state index is 0.386. The summed E-state index contributed by atoms with van der Waals surface area (Å²) in [6, 6.07) is 2.22. The molecule has 0 saturated carbocycles. The smallest absolute Gasteiger partial charge is 0.160 e. The second-order valence-corrected chi connectivity index (χ2v) is 8.96. The van der Waals surface area contributed by atoms with Gasteiger partial charge in [0.25, 0.3) is 0 Å². The first-order valence-corrected chi connectivity index (χ1v) is 9.28. The van der Waals surface area contributed by atoms with Crippen molar-refractivity contribution in [3.05, 3.63) is 23.0 Å². The zero-order chi connectivity index (χ0) is 17.6. The first-order valence-electron chi connectivity index (χ1n) is 9.28. The van der Waals surface area contributed by atoms with E-state index in [0.717, 1.165) is 30.1 Å². The van der Waals surface area contributed by atoms with E-state index in [0.29, 0.717) is 10.8 Å². The highest BCUT2D eigenvalue weighted by Crippen LogP contribution is 2.56. The van der Waals surface area contributed by atoms with Crippen LogP contribution < -0.4 is 4.90 Å². The number of aryl methyl sites for hydroxylation is 3. The lowest BCUT2D eigenvalue weighted by Gasteiger charge is -2.29. The summed E-state index contributed by atoms with van der Waals surface area (Å²) in [6.07, 6.45) is 0. The summed E-state index contributed by atoms with van der Waals surface area (Å²) in [5.41, 5.74) is 5.14. The third-order valence-corrected chi connectivity index (χ3v) is 6.89. The second kappa shape index (κ2) is 4.74. The Morgan fingerprint density at radius 3 is 2.00 bits per heavy atom. The Hall–Kier alpha value is -1.66. The molecule has 0 aliphatic carbocycles. The third kappa shape index (κ3) is 1.92. The van der Waals surface area contributed by atoms with Crippen molar-refractivity contribution < 1.29 is 0 Å². The van der Waals surface area contributed by atoms with Crippen LogP contribution in [0.4, 0.5) is 5.82 Å². The minimum absolute atomic E-state index is 0.386. The van der Waals surface area contributed by atoms with Crippen LogP contribution in [0.1, 0.15) is 17.0 Å². The molecular formula is C19H28N6. The molecule has 0 radical (unpaired) electrons. The number of likely N-dealkylation sites (tertiary alicyclic amines) is 2. The Kier molecular flexibility index (Phi) is 2.95. The minimum Gasteiger partial charge on any atom is -0.355 e. The summed E-state index contributed by atoms with van der Waals surface area (Å²) in [6.45, 7) is 13.4. The molecule has 5 rings (SSSR count). The average molecular weight is 340 g/mol. The lowest BCUT2D eigenvalue weighted by molar-refractivity contribution is 0.241. The van der Waals surface area contributed by atoms with Gasteiger partial charge in [-0.2, -0.15) is 9.61 Å². The summed E-state index contributed by atoms with van der Waals surface area (Å²) in [5, 5.41) is 4.80. The van der Waals surface area contributed by atoms with E-state index in [1.54, 1.807) is 0 Å². The van der Waals surface area contributed by atoms with E-state index < -0.39 is 0 Å². The van der Waals surface area contributed by atoms with Crippen LogP contribution in [0.15, 0.2) is 6.07 Å². The van der Waals surface area contributed by atoms with E-state index in [1.165, 1.54) is 37.6 Å². The zero-order valence-electron chi connectivity index (χ0n) is 16.0. The molecule has 0 bridgehead atoms. The second-order valence-electron chi connectivity index (χ2n) is 8.96. The number of rotatable bonds is 1. The fourth-order valence-electron chi connectivity index (χ4n) is 5.99. The highest BCUT2D eigenvalue weighted by Gasteiger charge is 2.66. The molecule has 0 N–H and O–H groups in total. The van der Waals surface area contributed by atoms with Gasteiger partial charge in [-0.15, -0.1) is 0 Å². The van der Waals surface area contributed by atoms with Crippen molar-refractivity contribution in [2.45, 2.75) is 20.8 Å². The molecule has 5 heterocycles. The van der Waals surface area contributed by atoms with Gasteiger partial charge in [0.15, 0.2) is 5.65 Å². The summed E-state index contributed by atoms with van der Waals surface area (Å²) < 4.78 is 2.08. The fraction of sp³-hybridized carbons (Fsp3) is 0.684. The highest BCUT2D eigenvalue weighted by atomic mass is 15.4. The normalized spacial score (nSPS) is 32.8. The van der Waals surface area contributed by atoms with Crippen LogP contribution in [0, 0.1) is 31.6 Å². The van der Waals surface area contributed by atoms with Gasteiger partial charge in [0.05, 0.1) is 5.69 Å². The van der Waals surface area contributed by atoms with E-state index in [4.69, 9.17) is 10.1 Å². The van der Waals surface area contributed by atoms with E-state index >= 15 is 0 Å². The SMILES string of the molecule is Cc1cc(N2CC34CN(C)CC3(CN(C)C4)C2)n2nc(C)c(C)c2n1. The summed E-state index contributed by atoms with van der Waals surface area (Å²) in [7, 11) is 4.57. The quantitative estimate of drug-likeness (QED) is 0.783. The van der Waals surface area contributed by atoms with E-state index in [9.17, 15) is 0 Å². The maximum atomic E-state index is 4.80. The standard InChI is InChI=1S/C19H28N6/c1-13-6-16(25-17(20-13)14(2)15(3)21-25)24-11-18-7-22(4)8-19(18,12-24)10-23(5)9-18/h6H,7-12H2,1-5H3. The van der Waals surface area contributed by atoms with Crippen molar-refractivity contribution >= 4 is 11.5 Å². The fourth-order valence-corrected chi connectivity index (χ4v) is 5.99. The van der Waals surface area contributed by atoms with Crippen molar-refractivity contribution in [3.8, 4) is 0 Å². The van der Waals surface area contributed by atoms with Gasteiger partial charge in [0, 0.05) is 67.4 Å². The van der Waals surface area contributed by atoms with Gasteiger partial charge >= 0.3 is 0 Å². The Labute approximate surface area is 149 Å². The molecule has 3 aliphatic heterocycles. The van der Waals surface area contributed by atoms with Crippen LogP contribution in [0.25, 0.3) is 5.65 Å². The molecular weight excluding hydrogens is 312 g/mol. The van der Waals surface area contributed by atoms with Gasteiger partial charge in [0.1, 0.15) is 5.82 Å². The van der Waals surface area contributed by atoms with Crippen molar-refractivity contribution in [3.63, 3.8) is 0 Å². The predicted octanol–water partition coefficient (Wildman–Crippen LogP) is 1.34. The van der Waals surface area contributed by atoms with E-state index in [2.05, 4.69) is 60.1 Å². The summed E-state index contributed by atoms with van der Waals surface area (Å²) in [5.74, 6) is 1.22. The van der Waals surface area contributed by atoms with Crippen molar-refractivity contribution in [1.29, 1.82) is 0 Å². The van der Waals surface area contributed by atoms with Crippen LogP contribution in [0.3, 0.4) is 0 Å². The van der Waals surface area contributed by atoms with Crippen LogP contribution in [0.2, 0.25) is 0 Å². The molecule has 0 spiro atoms. The van der Waals surface area contributed by atoms with Gasteiger partial charge in [-0.1, -0.05) is 0 Å². The molecule has 6 nitrogen and oxygen atoms in total. The van der Waals surface area contributed by atoms with Crippen LogP contribution in [-0.4, -0.2) is 77.8 Å². The maximum Gasteiger partial charge on any atom is 0.160 e. The zero-order valence-corrected chi connectivity index (χ0v) is 16.0.